The lowest BCUT2D eigenvalue weighted by Gasteiger charge is -2.29. The Bertz CT molecular complexity index is 545. The maximum atomic E-state index is 12.3. The third-order valence-corrected chi connectivity index (χ3v) is 2.88. The first-order chi connectivity index (χ1) is 10.1. The predicted octanol–water partition coefficient (Wildman–Crippen LogP) is 2.45. The van der Waals surface area contributed by atoms with Gasteiger partial charge >= 0.3 is 6.09 Å². The number of anilines is 1. The first-order valence-corrected chi connectivity index (χ1v) is 7.45. The molecule has 0 bridgehead atoms. The average Bonchev–Trinajstić information content (AvgIpc) is 2.33. The fourth-order valence-electron chi connectivity index (χ4n) is 1.78. The standard InChI is InChI=1S/C14H20BrN3O4/c1-8(22-14(2,3)4)11(21-13(16)20)12(19)18-10-7-5-6-9(15)17-10/h5-8,11H,1-4H3,(H2,16,20)(H,17,18,19). The van der Waals surface area contributed by atoms with Gasteiger partial charge < -0.3 is 20.5 Å². The number of primary amides is 1. The van der Waals surface area contributed by atoms with Crippen molar-refractivity contribution >= 4 is 33.7 Å². The molecular formula is C14H20BrN3O4. The van der Waals surface area contributed by atoms with Crippen LogP contribution < -0.4 is 11.1 Å². The van der Waals surface area contributed by atoms with E-state index in [1.807, 2.05) is 20.8 Å². The molecular weight excluding hydrogens is 354 g/mol. The second-order valence-electron chi connectivity index (χ2n) is 5.63. The van der Waals surface area contributed by atoms with Gasteiger partial charge in [0.15, 0.2) is 0 Å². The van der Waals surface area contributed by atoms with Gasteiger partial charge in [-0.1, -0.05) is 6.07 Å². The Hall–Kier alpha value is -1.67. The molecule has 2 amide bonds. The van der Waals surface area contributed by atoms with Gasteiger partial charge in [0.25, 0.3) is 5.91 Å². The van der Waals surface area contributed by atoms with Crippen molar-refractivity contribution in [2.45, 2.75) is 45.5 Å². The summed E-state index contributed by atoms with van der Waals surface area (Å²) in [5.74, 6) is -0.249. The molecule has 0 spiro atoms. The molecule has 0 aliphatic heterocycles. The number of halogens is 1. The minimum atomic E-state index is -1.18. The van der Waals surface area contributed by atoms with Crippen molar-refractivity contribution in [3.05, 3.63) is 22.8 Å². The first kappa shape index (κ1) is 18.4. The average molecular weight is 374 g/mol. The van der Waals surface area contributed by atoms with Crippen molar-refractivity contribution in [1.82, 2.24) is 4.98 Å². The molecule has 1 aromatic heterocycles. The smallest absolute Gasteiger partial charge is 0.405 e. The van der Waals surface area contributed by atoms with Crippen LogP contribution >= 0.6 is 15.9 Å². The predicted molar refractivity (Wildman–Crippen MR) is 85.3 cm³/mol. The number of ether oxygens (including phenoxy) is 2. The summed E-state index contributed by atoms with van der Waals surface area (Å²) in [4.78, 5) is 27.4. The van der Waals surface area contributed by atoms with Gasteiger partial charge in [0.1, 0.15) is 16.5 Å². The molecule has 22 heavy (non-hydrogen) atoms. The quantitative estimate of drug-likeness (QED) is 0.771. The van der Waals surface area contributed by atoms with Gasteiger partial charge in [-0.3, -0.25) is 4.79 Å². The van der Waals surface area contributed by atoms with Crippen LogP contribution in [-0.4, -0.2) is 34.8 Å². The zero-order chi connectivity index (χ0) is 16.9. The van der Waals surface area contributed by atoms with E-state index in [-0.39, 0.29) is 0 Å². The number of nitrogens with zero attached hydrogens (tertiary/aromatic N) is 1. The third kappa shape index (κ3) is 6.40. The molecule has 122 valence electrons. The van der Waals surface area contributed by atoms with E-state index in [0.29, 0.717) is 10.4 Å². The Morgan fingerprint density at radius 2 is 2.00 bits per heavy atom. The molecule has 0 aromatic carbocycles. The van der Waals surface area contributed by atoms with Gasteiger partial charge in [-0.05, 0) is 55.8 Å². The third-order valence-electron chi connectivity index (χ3n) is 2.43. The number of hydrogen-bond acceptors (Lipinski definition) is 5. The van der Waals surface area contributed by atoms with E-state index in [2.05, 4.69) is 26.2 Å². The Labute approximate surface area is 137 Å². The second kappa shape index (κ2) is 7.55. The fourth-order valence-corrected chi connectivity index (χ4v) is 2.13. The zero-order valence-electron chi connectivity index (χ0n) is 12.9. The Morgan fingerprint density at radius 1 is 1.36 bits per heavy atom. The molecule has 0 saturated heterocycles. The molecule has 3 N–H and O–H groups in total. The molecule has 2 unspecified atom stereocenters. The van der Waals surface area contributed by atoms with E-state index in [1.165, 1.54) is 0 Å². The molecule has 8 heteroatoms. The highest BCUT2D eigenvalue weighted by Gasteiger charge is 2.32. The normalized spacial score (nSPS) is 14.0. The number of hydrogen-bond donors (Lipinski definition) is 2. The lowest BCUT2D eigenvalue weighted by molar-refractivity contribution is -0.141. The van der Waals surface area contributed by atoms with Crippen LogP contribution in [0, 0.1) is 0 Å². The van der Waals surface area contributed by atoms with Gasteiger partial charge in [-0.2, -0.15) is 0 Å². The molecule has 0 aliphatic carbocycles. The summed E-state index contributed by atoms with van der Waals surface area (Å²) in [6.45, 7) is 7.13. The van der Waals surface area contributed by atoms with Crippen molar-refractivity contribution < 1.29 is 19.1 Å². The molecule has 7 nitrogen and oxygen atoms in total. The molecule has 1 rings (SSSR count). The lowest BCUT2D eigenvalue weighted by atomic mass is 10.1. The Kier molecular flexibility index (Phi) is 6.31. The van der Waals surface area contributed by atoms with Crippen molar-refractivity contribution in [2.24, 2.45) is 5.73 Å². The summed E-state index contributed by atoms with van der Waals surface area (Å²) in [7, 11) is 0. The largest absolute Gasteiger partial charge is 0.433 e. The van der Waals surface area contributed by atoms with E-state index in [1.54, 1.807) is 25.1 Å². The maximum Gasteiger partial charge on any atom is 0.405 e. The minimum absolute atomic E-state index is 0.320. The van der Waals surface area contributed by atoms with Gasteiger partial charge in [0.05, 0.1) is 5.60 Å². The molecule has 1 aromatic rings. The maximum absolute atomic E-state index is 12.3. The Balaban J connectivity index is 2.86. The number of nitrogens with one attached hydrogen (secondary N) is 1. The van der Waals surface area contributed by atoms with Gasteiger partial charge in [0.2, 0.25) is 6.10 Å². The number of amides is 2. The highest BCUT2D eigenvalue weighted by atomic mass is 79.9. The lowest BCUT2D eigenvalue weighted by Crippen LogP contribution is -2.45. The van der Waals surface area contributed by atoms with Crippen LogP contribution in [0.2, 0.25) is 0 Å². The monoisotopic (exact) mass is 373 g/mol. The van der Waals surface area contributed by atoms with Crippen LogP contribution in [-0.2, 0) is 14.3 Å². The first-order valence-electron chi connectivity index (χ1n) is 6.66. The SMILES string of the molecule is CC(OC(C)(C)C)C(OC(N)=O)C(=O)Nc1cccc(Br)n1. The van der Waals surface area contributed by atoms with Crippen molar-refractivity contribution in [3.8, 4) is 0 Å². The highest BCUT2D eigenvalue weighted by molar-refractivity contribution is 9.10. The van der Waals surface area contributed by atoms with Crippen LogP contribution in [0.25, 0.3) is 0 Å². The Morgan fingerprint density at radius 3 is 2.50 bits per heavy atom. The summed E-state index contributed by atoms with van der Waals surface area (Å²) in [6, 6.07) is 5.05. The van der Waals surface area contributed by atoms with Gasteiger partial charge in [-0.15, -0.1) is 0 Å². The molecule has 0 radical (unpaired) electrons. The summed E-state index contributed by atoms with van der Waals surface area (Å²) < 4.78 is 11.1. The van der Waals surface area contributed by atoms with Crippen LogP contribution in [0.1, 0.15) is 27.7 Å². The van der Waals surface area contributed by atoms with E-state index in [9.17, 15) is 9.59 Å². The highest BCUT2D eigenvalue weighted by Crippen LogP contribution is 2.17. The zero-order valence-corrected chi connectivity index (χ0v) is 14.5. The molecule has 2 atom stereocenters. The van der Waals surface area contributed by atoms with E-state index >= 15 is 0 Å². The summed E-state index contributed by atoms with van der Waals surface area (Å²) >= 11 is 3.21. The number of pyridine rings is 1. The van der Waals surface area contributed by atoms with Crippen LogP contribution in [0.3, 0.4) is 0 Å². The molecule has 0 saturated carbocycles. The van der Waals surface area contributed by atoms with Crippen LogP contribution in [0.15, 0.2) is 22.8 Å². The van der Waals surface area contributed by atoms with Crippen molar-refractivity contribution in [2.75, 3.05) is 5.32 Å². The van der Waals surface area contributed by atoms with Crippen molar-refractivity contribution in [1.29, 1.82) is 0 Å². The van der Waals surface area contributed by atoms with Crippen LogP contribution in [0.4, 0.5) is 10.6 Å². The van der Waals surface area contributed by atoms with E-state index in [0.717, 1.165) is 0 Å². The second-order valence-corrected chi connectivity index (χ2v) is 6.44. The van der Waals surface area contributed by atoms with E-state index in [4.69, 9.17) is 15.2 Å². The minimum Gasteiger partial charge on any atom is -0.433 e. The summed E-state index contributed by atoms with van der Waals surface area (Å²) in [5, 5.41) is 2.56. The fraction of sp³-hybridized carbons (Fsp3) is 0.500. The van der Waals surface area contributed by atoms with Gasteiger partial charge in [-0.25, -0.2) is 9.78 Å². The van der Waals surface area contributed by atoms with Crippen LogP contribution in [0.5, 0.6) is 0 Å². The summed E-state index contributed by atoms with van der Waals surface area (Å²) in [5.41, 5.74) is 4.52. The number of carbonyl (C=O) groups is 2. The topological polar surface area (TPSA) is 104 Å². The number of rotatable bonds is 5. The summed E-state index contributed by atoms with van der Waals surface area (Å²) in [6.07, 6.45) is -2.91. The molecule has 0 fully saturated rings. The molecule has 0 aliphatic rings. The van der Waals surface area contributed by atoms with E-state index < -0.39 is 29.8 Å². The molecule has 1 heterocycles. The number of carbonyl (C=O) groups excluding carboxylic acids is 2. The number of aromatic nitrogens is 1. The number of nitrogens with two attached hydrogens (primary N) is 1. The van der Waals surface area contributed by atoms with Gasteiger partial charge in [0, 0.05) is 0 Å². The van der Waals surface area contributed by atoms with Crippen molar-refractivity contribution in [3.63, 3.8) is 0 Å².